The van der Waals surface area contributed by atoms with Crippen LogP contribution in [0.25, 0.3) is 0 Å². The number of cyclic esters (lactones) is 1. The highest BCUT2D eigenvalue weighted by molar-refractivity contribution is 6.42. The summed E-state index contributed by atoms with van der Waals surface area (Å²) in [6.07, 6.45) is 2.24. The van der Waals surface area contributed by atoms with Gasteiger partial charge in [0, 0.05) is 5.92 Å². The second kappa shape index (κ2) is 7.21. The summed E-state index contributed by atoms with van der Waals surface area (Å²) >= 11 is 12.0. The third-order valence-electron chi connectivity index (χ3n) is 5.51. The normalized spacial score (nSPS) is 24.0. The van der Waals surface area contributed by atoms with E-state index >= 15 is 0 Å². The van der Waals surface area contributed by atoms with E-state index in [1.807, 2.05) is 30.3 Å². The Morgan fingerprint density at radius 1 is 1.15 bits per heavy atom. The molecule has 0 bridgehead atoms. The lowest BCUT2D eigenvalue weighted by Gasteiger charge is -2.24. The number of carbonyl (C=O) groups excluding carboxylic acids is 1. The molecule has 2 aliphatic rings. The molecule has 1 aliphatic heterocycles. The average Bonchev–Trinajstić information content (AvgIpc) is 3.11. The van der Waals surface area contributed by atoms with Gasteiger partial charge in [0.15, 0.2) is 0 Å². The number of hydrogen-bond acceptors (Lipinski definition) is 3. The molecule has 0 amide bonds. The Morgan fingerprint density at radius 3 is 2.81 bits per heavy atom. The number of hydrogen-bond donors (Lipinski definition) is 0. The Kier molecular flexibility index (Phi) is 4.92. The maximum Gasteiger partial charge on any atom is 0.313 e. The zero-order valence-electron chi connectivity index (χ0n) is 14.8. The SMILES string of the molecule is C=C1CC2COC(=O)C2(Cc2cccc(OCc3ccc(Cl)c(Cl)c3)c2)C1. The van der Waals surface area contributed by atoms with Crippen LogP contribution in [0.5, 0.6) is 5.75 Å². The van der Waals surface area contributed by atoms with Gasteiger partial charge in [-0.25, -0.2) is 0 Å². The first kappa shape index (κ1) is 18.4. The molecule has 27 heavy (non-hydrogen) atoms. The molecule has 1 saturated carbocycles. The van der Waals surface area contributed by atoms with E-state index in [2.05, 4.69) is 6.58 Å². The van der Waals surface area contributed by atoms with Gasteiger partial charge >= 0.3 is 5.97 Å². The van der Waals surface area contributed by atoms with Crippen molar-refractivity contribution < 1.29 is 14.3 Å². The van der Waals surface area contributed by atoms with Crippen LogP contribution < -0.4 is 4.74 Å². The van der Waals surface area contributed by atoms with Crippen LogP contribution in [0.3, 0.4) is 0 Å². The van der Waals surface area contributed by atoms with E-state index in [1.54, 1.807) is 12.1 Å². The summed E-state index contributed by atoms with van der Waals surface area (Å²) in [5.41, 5.74) is 2.70. The van der Waals surface area contributed by atoms with Crippen LogP contribution in [-0.2, 0) is 22.6 Å². The molecule has 2 aromatic carbocycles. The van der Waals surface area contributed by atoms with Crippen LogP contribution in [0.4, 0.5) is 0 Å². The van der Waals surface area contributed by atoms with E-state index < -0.39 is 5.41 Å². The number of carbonyl (C=O) groups is 1. The van der Waals surface area contributed by atoms with Gasteiger partial charge in [-0.2, -0.15) is 0 Å². The van der Waals surface area contributed by atoms with Crippen molar-refractivity contribution in [2.45, 2.75) is 25.9 Å². The van der Waals surface area contributed by atoms with Crippen molar-refractivity contribution >= 4 is 29.2 Å². The first-order valence-electron chi connectivity index (χ1n) is 8.96. The highest BCUT2D eigenvalue weighted by atomic mass is 35.5. The Morgan fingerprint density at radius 2 is 2.00 bits per heavy atom. The maximum atomic E-state index is 12.5. The quantitative estimate of drug-likeness (QED) is 0.480. The summed E-state index contributed by atoms with van der Waals surface area (Å²) in [5, 5.41) is 1.04. The molecule has 5 heteroatoms. The van der Waals surface area contributed by atoms with E-state index in [0.29, 0.717) is 36.1 Å². The minimum Gasteiger partial charge on any atom is -0.489 e. The number of rotatable bonds is 5. The summed E-state index contributed by atoms with van der Waals surface area (Å²) in [6.45, 7) is 5.00. The van der Waals surface area contributed by atoms with Gasteiger partial charge in [-0.1, -0.05) is 53.6 Å². The molecule has 2 atom stereocenters. The van der Waals surface area contributed by atoms with Crippen LogP contribution in [0.15, 0.2) is 54.6 Å². The van der Waals surface area contributed by atoms with Crippen LogP contribution in [-0.4, -0.2) is 12.6 Å². The molecule has 1 aliphatic carbocycles. The molecular formula is C22H20Cl2O3. The Hall–Kier alpha value is -1.97. The number of esters is 1. The third-order valence-corrected chi connectivity index (χ3v) is 6.25. The van der Waals surface area contributed by atoms with Gasteiger partial charge < -0.3 is 9.47 Å². The van der Waals surface area contributed by atoms with Crippen molar-refractivity contribution in [3.8, 4) is 5.75 Å². The lowest BCUT2D eigenvalue weighted by atomic mass is 9.75. The van der Waals surface area contributed by atoms with Gasteiger partial charge in [0.2, 0.25) is 0 Å². The molecule has 2 aromatic rings. The summed E-state index contributed by atoms with van der Waals surface area (Å²) in [5.74, 6) is 0.904. The predicted octanol–water partition coefficient (Wildman–Crippen LogP) is 5.62. The topological polar surface area (TPSA) is 35.5 Å². The summed E-state index contributed by atoms with van der Waals surface area (Å²) in [4.78, 5) is 12.5. The number of allylic oxidation sites excluding steroid dienone is 1. The van der Waals surface area contributed by atoms with Gasteiger partial charge in [0.25, 0.3) is 0 Å². The Labute approximate surface area is 168 Å². The highest BCUT2D eigenvalue weighted by Crippen LogP contribution is 2.52. The minimum absolute atomic E-state index is 0.0896. The molecule has 2 unspecified atom stereocenters. The van der Waals surface area contributed by atoms with Gasteiger partial charge in [0.1, 0.15) is 12.4 Å². The van der Waals surface area contributed by atoms with E-state index in [-0.39, 0.29) is 11.9 Å². The fourth-order valence-electron chi connectivity index (χ4n) is 4.17. The van der Waals surface area contributed by atoms with Crippen molar-refractivity contribution in [2.75, 3.05) is 6.61 Å². The third kappa shape index (κ3) is 3.59. The molecule has 2 fully saturated rings. The van der Waals surface area contributed by atoms with E-state index in [9.17, 15) is 4.79 Å². The van der Waals surface area contributed by atoms with Crippen LogP contribution >= 0.6 is 23.2 Å². The van der Waals surface area contributed by atoms with Crippen molar-refractivity contribution in [1.29, 1.82) is 0 Å². The number of halogens is 2. The second-order valence-corrected chi connectivity index (χ2v) is 8.26. The summed E-state index contributed by atoms with van der Waals surface area (Å²) < 4.78 is 11.3. The predicted molar refractivity (Wildman–Crippen MR) is 106 cm³/mol. The standard InChI is InChI=1S/C22H20Cl2O3/c1-14-7-17-13-27-21(25)22(17,10-14)11-15-3-2-4-18(8-15)26-12-16-5-6-19(23)20(24)9-16/h2-6,8-9,17H,1,7,10-13H2. The smallest absolute Gasteiger partial charge is 0.313 e. The zero-order chi connectivity index (χ0) is 19.0. The second-order valence-electron chi connectivity index (χ2n) is 7.44. The maximum absolute atomic E-state index is 12.5. The molecule has 1 saturated heterocycles. The zero-order valence-corrected chi connectivity index (χ0v) is 16.4. The first-order valence-corrected chi connectivity index (χ1v) is 9.71. The largest absolute Gasteiger partial charge is 0.489 e. The number of ether oxygens (including phenoxy) is 2. The number of fused-ring (bicyclic) bond motifs is 1. The average molecular weight is 403 g/mol. The molecule has 140 valence electrons. The molecular weight excluding hydrogens is 383 g/mol. The minimum atomic E-state index is -0.459. The molecule has 0 N–H and O–H groups in total. The summed E-state index contributed by atoms with van der Waals surface area (Å²) in [6, 6.07) is 13.3. The molecule has 0 radical (unpaired) electrons. The van der Waals surface area contributed by atoms with Crippen LogP contribution in [0.1, 0.15) is 24.0 Å². The lowest BCUT2D eigenvalue weighted by Crippen LogP contribution is -2.31. The fourth-order valence-corrected chi connectivity index (χ4v) is 4.49. The van der Waals surface area contributed by atoms with Gasteiger partial charge in [-0.05, 0) is 54.7 Å². The molecule has 4 rings (SSSR count). The van der Waals surface area contributed by atoms with Crippen molar-refractivity contribution in [3.63, 3.8) is 0 Å². The van der Waals surface area contributed by atoms with Gasteiger partial charge in [-0.15, -0.1) is 0 Å². The van der Waals surface area contributed by atoms with E-state index in [1.165, 1.54) is 0 Å². The Bertz CT molecular complexity index is 908. The molecule has 1 heterocycles. The van der Waals surface area contributed by atoms with E-state index in [0.717, 1.165) is 28.9 Å². The fraction of sp³-hybridized carbons (Fsp3) is 0.318. The van der Waals surface area contributed by atoms with Crippen LogP contribution in [0, 0.1) is 11.3 Å². The molecule has 0 aromatic heterocycles. The van der Waals surface area contributed by atoms with Crippen molar-refractivity contribution in [1.82, 2.24) is 0 Å². The number of benzene rings is 2. The lowest BCUT2D eigenvalue weighted by molar-refractivity contribution is -0.146. The van der Waals surface area contributed by atoms with Crippen LogP contribution in [0.2, 0.25) is 10.0 Å². The monoisotopic (exact) mass is 402 g/mol. The van der Waals surface area contributed by atoms with Crippen molar-refractivity contribution in [2.24, 2.45) is 11.3 Å². The molecule has 0 spiro atoms. The summed E-state index contributed by atoms with van der Waals surface area (Å²) in [7, 11) is 0. The highest BCUT2D eigenvalue weighted by Gasteiger charge is 2.55. The Balaban J connectivity index is 1.48. The van der Waals surface area contributed by atoms with Crippen molar-refractivity contribution in [3.05, 3.63) is 75.8 Å². The van der Waals surface area contributed by atoms with E-state index in [4.69, 9.17) is 32.7 Å². The molecule has 3 nitrogen and oxygen atoms in total. The van der Waals surface area contributed by atoms with Gasteiger partial charge in [0.05, 0.1) is 22.1 Å². The van der Waals surface area contributed by atoms with Gasteiger partial charge in [-0.3, -0.25) is 4.79 Å². The first-order chi connectivity index (χ1) is 13.0.